The third-order valence-corrected chi connectivity index (χ3v) is 7.09. The number of aliphatic carboxylic acids is 1. The molecule has 1 amide bonds. The van der Waals surface area contributed by atoms with Gasteiger partial charge in [-0.1, -0.05) is 19.3 Å². The molecule has 138 valence electrons. The molecule has 1 saturated carbocycles. The second-order valence-electron chi connectivity index (χ2n) is 6.95. The highest BCUT2D eigenvalue weighted by Crippen LogP contribution is 2.36. The van der Waals surface area contributed by atoms with Gasteiger partial charge < -0.3 is 10.4 Å². The van der Waals surface area contributed by atoms with Crippen LogP contribution in [-0.4, -0.2) is 37.2 Å². The van der Waals surface area contributed by atoms with Crippen LogP contribution < -0.4 is 5.32 Å². The molecule has 0 saturated heterocycles. The van der Waals surface area contributed by atoms with E-state index in [-0.39, 0.29) is 17.3 Å². The molecule has 0 aromatic heterocycles. The van der Waals surface area contributed by atoms with Gasteiger partial charge in [0.1, 0.15) is 0 Å². The van der Waals surface area contributed by atoms with Crippen LogP contribution in [0.3, 0.4) is 0 Å². The summed E-state index contributed by atoms with van der Waals surface area (Å²) in [6.45, 7) is 3.30. The molecule has 6 nitrogen and oxygen atoms in total. The zero-order valence-electron chi connectivity index (χ0n) is 14.6. The summed E-state index contributed by atoms with van der Waals surface area (Å²) >= 11 is 0. The number of rotatable bonds is 6. The van der Waals surface area contributed by atoms with Crippen LogP contribution in [0.25, 0.3) is 0 Å². The molecule has 0 unspecified atom stereocenters. The van der Waals surface area contributed by atoms with Crippen LogP contribution in [0.4, 0.5) is 0 Å². The van der Waals surface area contributed by atoms with Gasteiger partial charge >= 0.3 is 5.97 Å². The van der Waals surface area contributed by atoms with Crippen molar-refractivity contribution >= 4 is 21.7 Å². The highest BCUT2D eigenvalue weighted by molar-refractivity contribution is 7.92. The molecule has 1 aliphatic rings. The Morgan fingerprint density at radius 1 is 1.12 bits per heavy atom. The topological polar surface area (TPSA) is 101 Å². The lowest BCUT2D eigenvalue weighted by molar-refractivity contribution is -0.150. The van der Waals surface area contributed by atoms with E-state index in [1.807, 2.05) is 0 Å². The van der Waals surface area contributed by atoms with Gasteiger partial charge in [0.2, 0.25) is 0 Å². The lowest BCUT2D eigenvalue weighted by Gasteiger charge is -2.33. The summed E-state index contributed by atoms with van der Waals surface area (Å²) in [6.07, 6.45) is 3.85. The molecule has 0 aliphatic heterocycles. The monoisotopic (exact) mass is 367 g/mol. The maximum absolute atomic E-state index is 12.3. The largest absolute Gasteiger partial charge is 0.481 e. The van der Waals surface area contributed by atoms with Crippen molar-refractivity contribution in [3.05, 3.63) is 29.8 Å². The second kappa shape index (κ2) is 7.56. The lowest BCUT2D eigenvalue weighted by atomic mass is 9.74. The van der Waals surface area contributed by atoms with Crippen molar-refractivity contribution in [3.63, 3.8) is 0 Å². The van der Waals surface area contributed by atoms with Gasteiger partial charge in [-0.15, -0.1) is 0 Å². The molecule has 2 rings (SSSR count). The molecule has 0 heterocycles. The number of nitrogens with one attached hydrogen (secondary N) is 1. The zero-order chi connectivity index (χ0) is 18.7. The van der Waals surface area contributed by atoms with E-state index in [9.17, 15) is 23.1 Å². The lowest BCUT2D eigenvalue weighted by Crippen LogP contribution is -2.44. The summed E-state index contributed by atoms with van der Waals surface area (Å²) in [6, 6.07) is 5.74. The van der Waals surface area contributed by atoms with Crippen molar-refractivity contribution in [2.75, 3.05) is 6.54 Å². The summed E-state index contributed by atoms with van der Waals surface area (Å²) in [5.41, 5.74) is -0.575. The standard InChI is InChI=1S/C18H25NO5S/c1-13(2)25(23,24)15-8-6-14(7-9-15)16(20)19-12-18(17(21)22)10-4-3-5-11-18/h6-9,13H,3-5,10-12H2,1-2H3,(H,19,20)(H,21,22). The fourth-order valence-electron chi connectivity index (χ4n) is 3.11. The van der Waals surface area contributed by atoms with Crippen molar-refractivity contribution in [3.8, 4) is 0 Å². The predicted octanol–water partition coefficient (Wildman–Crippen LogP) is 2.63. The van der Waals surface area contributed by atoms with Gasteiger partial charge in [0.05, 0.1) is 15.6 Å². The fraction of sp³-hybridized carbons (Fsp3) is 0.556. The molecule has 7 heteroatoms. The second-order valence-corrected chi connectivity index (χ2v) is 9.45. The first-order valence-corrected chi connectivity index (χ1v) is 10.1. The third-order valence-electron chi connectivity index (χ3n) is 4.92. The highest BCUT2D eigenvalue weighted by atomic mass is 32.2. The predicted molar refractivity (Wildman–Crippen MR) is 94.3 cm³/mol. The van der Waals surface area contributed by atoms with Crippen LogP contribution in [-0.2, 0) is 14.6 Å². The Morgan fingerprint density at radius 3 is 2.16 bits per heavy atom. The first-order valence-electron chi connectivity index (χ1n) is 8.55. The number of carbonyl (C=O) groups is 2. The van der Waals surface area contributed by atoms with Crippen LogP contribution in [0.1, 0.15) is 56.3 Å². The minimum absolute atomic E-state index is 0.0905. The van der Waals surface area contributed by atoms with E-state index in [2.05, 4.69) is 5.32 Å². The summed E-state index contributed by atoms with van der Waals surface area (Å²) in [4.78, 5) is 24.1. The molecule has 0 atom stereocenters. The minimum atomic E-state index is -3.38. The Hall–Kier alpha value is -1.89. The number of carboxylic acid groups (broad SMARTS) is 1. The number of carbonyl (C=O) groups excluding carboxylic acids is 1. The van der Waals surface area contributed by atoms with E-state index >= 15 is 0 Å². The molecule has 0 radical (unpaired) electrons. The quantitative estimate of drug-likeness (QED) is 0.805. The molecule has 1 fully saturated rings. The van der Waals surface area contributed by atoms with Crippen LogP contribution in [0.2, 0.25) is 0 Å². The molecular weight excluding hydrogens is 342 g/mol. The normalized spacial score (nSPS) is 17.2. The van der Waals surface area contributed by atoms with E-state index in [1.165, 1.54) is 24.3 Å². The van der Waals surface area contributed by atoms with Crippen molar-refractivity contribution < 1.29 is 23.1 Å². The Balaban J connectivity index is 2.07. The number of amides is 1. The number of carboxylic acids is 1. The van der Waals surface area contributed by atoms with Crippen molar-refractivity contribution in [2.24, 2.45) is 5.41 Å². The van der Waals surface area contributed by atoms with Crippen LogP contribution in [0.5, 0.6) is 0 Å². The van der Waals surface area contributed by atoms with Gasteiger partial charge in [0.25, 0.3) is 5.91 Å². The molecular formula is C18H25NO5S. The number of hydrogen-bond acceptors (Lipinski definition) is 4. The molecule has 1 aliphatic carbocycles. The van der Waals surface area contributed by atoms with Gasteiger partial charge in [-0.25, -0.2) is 8.42 Å². The van der Waals surface area contributed by atoms with E-state index < -0.39 is 26.5 Å². The SMILES string of the molecule is CC(C)S(=O)(=O)c1ccc(C(=O)NCC2(C(=O)O)CCCCC2)cc1. The Bertz CT molecular complexity index is 731. The summed E-state index contributed by atoms with van der Waals surface area (Å²) in [5.74, 6) is -1.26. The molecule has 2 N–H and O–H groups in total. The maximum Gasteiger partial charge on any atom is 0.311 e. The van der Waals surface area contributed by atoms with Gasteiger partial charge in [0.15, 0.2) is 9.84 Å². The van der Waals surface area contributed by atoms with Gasteiger partial charge in [-0.05, 0) is 51.0 Å². The smallest absolute Gasteiger partial charge is 0.311 e. The Kier molecular flexibility index (Phi) is 5.87. The maximum atomic E-state index is 12.3. The molecule has 0 spiro atoms. The number of hydrogen-bond donors (Lipinski definition) is 2. The van der Waals surface area contributed by atoms with Crippen molar-refractivity contribution in [1.82, 2.24) is 5.32 Å². The van der Waals surface area contributed by atoms with Gasteiger partial charge in [-0.2, -0.15) is 0 Å². The average molecular weight is 367 g/mol. The minimum Gasteiger partial charge on any atom is -0.481 e. The summed E-state index contributed by atoms with van der Waals surface area (Å²) in [7, 11) is -3.38. The van der Waals surface area contributed by atoms with Crippen LogP contribution >= 0.6 is 0 Å². The third kappa shape index (κ3) is 4.21. The van der Waals surface area contributed by atoms with E-state index in [1.54, 1.807) is 13.8 Å². The zero-order valence-corrected chi connectivity index (χ0v) is 15.4. The number of benzene rings is 1. The summed E-state index contributed by atoms with van der Waals surface area (Å²) < 4.78 is 24.2. The van der Waals surface area contributed by atoms with Crippen molar-refractivity contribution in [1.29, 1.82) is 0 Å². The van der Waals surface area contributed by atoms with Crippen LogP contribution in [0, 0.1) is 5.41 Å². The van der Waals surface area contributed by atoms with Crippen LogP contribution in [0.15, 0.2) is 29.2 Å². The Labute approximate surface area is 148 Å². The van der Waals surface area contributed by atoms with E-state index in [0.717, 1.165) is 19.3 Å². The summed E-state index contributed by atoms with van der Waals surface area (Å²) in [5, 5.41) is 11.7. The molecule has 0 bridgehead atoms. The average Bonchev–Trinajstić information content (AvgIpc) is 2.60. The van der Waals surface area contributed by atoms with E-state index in [0.29, 0.717) is 18.4 Å². The molecule has 1 aromatic carbocycles. The molecule has 25 heavy (non-hydrogen) atoms. The first kappa shape index (κ1) is 19.4. The first-order chi connectivity index (χ1) is 11.7. The van der Waals surface area contributed by atoms with Crippen molar-refractivity contribution in [2.45, 2.75) is 56.1 Å². The van der Waals surface area contributed by atoms with Gasteiger partial charge in [-0.3, -0.25) is 9.59 Å². The van der Waals surface area contributed by atoms with E-state index in [4.69, 9.17) is 0 Å². The molecule has 1 aromatic rings. The Morgan fingerprint density at radius 2 is 1.68 bits per heavy atom. The number of sulfone groups is 1. The highest BCUT2D eigenvalue weighted by Gasteiger charge is 2.39. The fourth-order valence-corrected chi connectivity index (χ4v) is 4.17. The van der Waals surface area contributed by atoms with Gasteiger partial charge in [0, 0.05) is 12.1 Å².